The summed E-state index contributed by atoms with van der Waals surface area (Å²) in [4.78, 5) is 39.0. The number of unbranched alkanes of at least 4 members (excludes halogenated alkanes) is 1. The van der Waals surface area contributed by atoms with Crippen molar-refractivity contribution in [2.45, 2.75) is 52.6 Å². The number of anilines is 2. The lowest BCUT2D eigenvalue weighted by Gasteiger charge is -2.18. The molecule has 1 heterocycles. The molecule has 6 nitrogen and oxygen atoms in total. The smallest absolute Gasteiger partial charge is 0.312 e. The predicted octanol–water partition coefficient (Wildman–Crippen LogP) is 4.26. The van der Waals surface area contributed by atoms with Crippen LogP contribution in [0.3, 0.4) is 0 Å². The van der Waals surface area contributed by atoms with E-state index in [2.05, 4.69) is 12.2 Å². The van der Waals surface area contributed by atoms with Gasteiger partial charge in [0.05, 0.1) is 5.92 Å². The summed E-state index contributed by atoms with van der Waals surface area (Å²) in [6.07, 6.45) is 2.42. The van der Waals surface area contributed by atoms with Crippen molar-refractivity contribution in [1.29, 1.82) is 0 Å². The molecule has 0 aromatic heterocycles. The number of nitrogens with zero attached hydrogens (tertiary/aromatic N) is 1. The van der Waals surface area contributed by atoms with E-state index in [-0.39, 0.29) is 18.9 Å². The van der Waals surface area contributed by atoms with Crippen molar-refractivity contribution < 1.29 is 19.1 Å². The number of aryl methyl sites for hydroxylation is 2. The molecule has 0 saturated carbocycles. The first-order valence-corrected chi connectivity index (χ1v) is 10.8. The van der Waals surface area contributed by atoms with E-state index in [1.807, 2.05) is 43.3 Å². The molecule has 1 aliphatic heterocycles. The van der Waals surface area contributed by atoms with Crippen LogP contribution in [0, 0.1) is 12.8 Å². The zero-order chi connectivity index (χ0) is 22.4. The van der Waals surface area contributed by atoms with Gasteiger partial charge >= 0.3 is 5.97 Å². The number of nitrogens with one attached hydrogen (secondary N) is 1. The maximum absolute atomic E-state index is 12.6. The fourth-order valence-corrected chi connectivity index (χ4v) is 3.54. The Balaban J connectivity index is 1.54. The predicted molar refractivity (Wildman–Crippen MR) is 121 cm³/mol. The summed E-state index contributed by atoms with van der Waals surface area (Å²) in [5.41, 5.74) is 3.75. The second kappa shape index (κ2) is 10.2. The average molecular weight is 423 g/mol. The molecule has 0 bridgehead atoms. The number of carbonyl (C=O) groups excluding carboxylic acids is 3. The number of amides is 2. The topological polar surface area (TPSA) is 75.7 Å². The summed E-state index contributed by atoms with van der Waals surface area (Å²) < 4.78 is 5.36. The normalized spacial score (nSPS) is 16.8. The van der Waals surface area contributed by atoms with E-state index in [0.29, 0.717) is 5.69 Å². The highest BCUT2D eigenvalue weighted by Gasteiger charge is 2.37. The van der Waals surface area contributed by atoms with Crippen LogP contribution in [0.5, 0.6) is 0 Å². The van der Waals surface area contributed by atoms with Crippen LogP contribution in [0.1, 0.15) is 44.2 Å². The first-order chi connectivity index (χ1) is 14.9. The largest absolute Gasteiger partial charge is 0.452 e. The SMILES string of the molecule is CCCCc1ccc(N2C[C@H](C(=O)O[C@H](C)C(=O)Nc3ccc(C)cc3)CC2=O)cc1. The number of esters is 1. The number of benzene rings is 2. The van der Waals surface area contributed by atoms with Gasteiger partial charge in [0.25, 0.3) is 5.91 Å². The van der Waals surface area contributed by atoms with Gasteiger partial charge in [-0.15, -0.1) is 0 Å². The lowest BCUT2D eigenvalue weighted by molar-refractivity contribution is -0.157. The number of hydrogen-bond donors (Lipinski definition) is 1. The number of rotatable bonds is 8. The van der Waals surface area contributed by atoms with Gasteiger partial charge in [-0.05, 0) is 56.5 Å². The minimum Gasteiger partial charge on any atom is -0.452 e. The monoisotopic (exact) mass is 422 g/mol. The Hall–Kier alpha value is -3.15. The molecule has 2 amide bonds. The van der Waals surface area contributed by atoms with Crippen molar-refractivity contribution in [1.82, 2.24) is 0 Å². The highest BCUT2D eigenvalue weighted by Crippen LogP contribution is 2.27. The second-order valence-corrected chi connectivity index (χ2v) is 8.11. The number of ether oxygens (including phenoxy) is 1. The molecule has 3 rings (SSSR count). The van der Waals surface area contributed by atoms with Crippen molar-refractivity contribution in [3.8, 4) is 0 Å². The van der Waals surface area contributed by atoms with Crippen molar-refractivity contribution in [3.63, 3.8) is 0 Å². The van der Waals surface area contributed by atoms with Crippen molar-refractivity contribution in [2.75, 3.05) is 16.8 Å². The quantitative estimate of drug-likeness (QED) is 0.645. The molecule has 1 N–H and O–H groups in total. The van der Waals surface area contributed by atoms with E-state index in [1.165, 1.54) is 12.5 Å². The zero-order valence-electron chi connectivity index (χ0n) is 18.4. The van der Waals surface area contributed by atoms with E-state index in [4.69, 9.17) is 4.74 Å². The van der Waals surface area contributed by atoms with Crippen molar-refractivity contribution in [2.24, 2.45) is 5.92 Å². The van der Waals surface area contributed by atoms with Crippen LogP contribution in [-0.2, 0) is 25.5 Å². The Bertz CT molecular complexity index is 922. The second-order valence-electron chi connectivity index (χ2n) is 8.11. The van der Waals surface area contributed by atoms with Gasteiger partial charge in [-0.3, -0.25) is 14.4 Å². The maximum Gasteiger partial charge on any atom is 0.312 e. The third kappa shape index (κ3) is 5.94. The average Bonchev–Trinajstić information content (AvgIpc) is 3.16. The first kappa shape index (κ1) is 22.5. The Morgan fingerprint density at radius 1 is 1.13 bits per heavy atom. The molecule has 0 unspecified atom stereocenters. The van der Waals surface area contributed by atoms with Crippen molar-refractivity contribution in [3.05, 3.63) is 59.7 Å². The molecular formula is C25H30N2O4. The highest BCUT2D eigenvalue weighted by atomic mass is 16.5. The Morgan fingerprint density at radius 3 is 2.45 bits per heavy atom. The molecule has 1 fully saturated rings. The first-order valence-electron chi connectivity index (χ1n) is 10.8. The fourth-order valence-electron chi connectivity index (χ4n) is 3.54. The minimum absolute atomic E-state index is 0.0860. The molecule has 31 heavy (non-hydrogen) atoms. The molecule has 164 valence electrons. The molecule has 6 heteroatoms. The lowest BCUT2D eigenvalue weighted by Crippen LogP contribution is -2.33. The highest BCUT2D eigenvalue weighted by molar-refractivity contribution is 6.00. The molecule has 0 aliphatic carbocycles. The summed E-state index contributed by atoms with van der Waals surface area (Å²) in [7, 11) is 0. The van der Waals surface area contributed by atoms with Gasteiger partial charge in [-0.2, -0.15) is 0 Å². The van der Waals surface area contributed by atoms with E-state index in [9.17, 15) is 14.4 Å². The van der Waals surface area contributed by atoms with E-state index in [1.54, 1.807) is 17.0 Å². The summed E-state index contributed by atoms with van der Waals surface area (Å²) in [6.45, 7) is 5.91. The number of hydrogen-bond acceptors (Lipinski definition) is 4. The fraction of sp³-hybridized carbons (Fsp3) is 0.400. The molecule has 0 spiro atoms. The van der Waals surface area contributed by atoms with Crippen LogP contribution < -0.4 is 10.2 Å². The van der Waals surface area contributed by atoms with E-state index >= 15 is 0 Å². The third-order valence-corrected chi connectivity index (χ3v) is 5.51. The maximum atomic E-state index is 12.6. The third-order valence-electron chi connectivity index (χ3n) is 5.51. The van der Waals surface area contributed by atoms with Gasteiger partial charge in [-0.25, -0.2) is 0 Å². The van der Waals surface area contributed by atoms with Gasteiger partial charge in [0, 0.05) is 24.3 Å². The van der Waals surface area contributed by atoms with Crippen LogP contribution in [0.2, 0.25) is 0 Å². The van der Waals surface area contributed by atoms with E-state index < -0.39 is 23.9 Å². The number of carbonyl (C=O) groups is 3. The molecule has 2 aromatic carbocycles. The summed E-state index contributed by atoms with van der Waals surface area (Å²) in [5.74, 6) is -1.62. The van der Waals surface area contributed by atoms with Crippen LogP contribution in [0.25, 0.3) is 0 Å². The van der Waals surface area contributed by atoms with Crippen LogP contribution in [0.15, 0.2) is 48.5 Å². The summed E-state index contributed by atoms with van der Waals surface area (Å²) in [6, 6.07) is 15.3. The molecule has 2 atom stereocenters. The van der Waals surface area contributed by atoms with E-state index in [0.717, 1.165) is 30.5 Å². The summed E-state index contributed by atoms with van der Waals surface area (Å²) >= 11 is 0. The Labute approximate surface area is 183 Å². The summed E-state index contributed by atoms with van der Waals surface area (Å²) in [5, 5.41) is 2.73. The Kier molecular flexibility index (Phi) is 7.45. The van der Waals surface area contributed by atoms with Gasteiger partial charge in [0.2, 0.25) is 5.91 Å². The minimum atomic E-state index is -0.948. The molecule has 1 saturated heterocycles. The standard InChI is InChI=1S/C25H30N2O4/c1-4-5-6-19-9-13-22(14-10-19)27-16-20(15-23(27)28)25(30)31-18(3)24(29)26-21-11-7-17(2)8-12-21/h7-14,18,20H,4-6,15-16H2,1-3H3,(H,26,29)/t18-,20-/m1/s1. The van der Waals surface area contributed by atoms with Crippen molar-refractivity contribution >= 4 is 29.2 Å². The molecule has 1 aliphatic rings. The molecule has 0 radical (unpaired) electrons. The van der Waals surface area contributed by atoms with Crippen LogP contribution in [-0.4, -0.2) is 30.4 Å². The molecule has 2 aromatic rings. The van der Waals surface area contributed by atoms with Gasteiger partial charge < -0.3 is 15.0 Å². The molecular weight excluding hydrogens is 392 g/mol. The van der Waals surface area contributed by atoms with Gasteiger partial charge in [0.1, 0.15) is 0 Å². The Morgan fingerprint density at radius 2 is 1.81 bits per heavy atom. The van der Waals surface area contributed by atoms with Crippen LogP contribution in [0.4, 0.5) is 11.4 Å². The van der Waals surface area contributed by atoms with Gasteiger partial charge in [0.15, 0.2) is 6.10 Å². The zero-order valence-corrected chi connectivity index (χ0v) is 18.4. The van der Waals surface area contributed by atoms with Crippen LogP contribution >= 0.6 is 0 Å². The van der Waals surface area contributed by atoms with Gasteiger partial charge in [-0.1, -0.05) is 43.2 Å². The lowest BCUT2D eigenvalue weighted by atomic mass is 10.1.